The molecule has 296 valence electrons. The highest BCUT2D eigenvalue weighted by Crippen LogP contribution is 2.46. The molecule has 15 nitrogen and oxygen atoms in total. The molecule has 5 atom stereocenters. The summed E-state index contributed by atoms with van der Waals surface area (Å²) < 4.78 is 36.8. The van der Waals surface area contributed by atoms with Crippen molar-refractivity contribution in [2.24, 2.45) is 11.8 Å². The van der Waals surface area contributed by atoms with Crippen LogP contribution in [0.15, 0.2) is 60.7 Å². The van der Waals surface area contributed by atoms with Crippen LogP contribution >= 0.6 is 0 Å². The molecule has 0 bridgehead atoms. The van der Waals surface area contributed by atoms with Gasteiger partial charge in [-0.2, -0.15) is 17.7 Å². The molecule has 16 heteroatoms. The summed E-state index contributed by atoms with van der Waals surface area (Å²) in [6, 6.07) is 13.9. The minimum atomic E-state index is -4.13. The Labute approximate surface area is 322 Å². The van der Waals surface area contributed by atoms with Gasteiger partial charge in [0.2, 0.25) is 11.8 Å². The van der Waals surface area contributed by atoms with Gasteiger partial charge in [-0.05, 0) is 57.2 Å². The molecule has 3 aliphatic rings. The topological polar surface area (TPSA) is 184 Å². The lowest BCUT2D eigenvalue weighted by molar-refractivity contribution is -0.142. The summed E-state index contributed by atoms with van der Waals surface area (Å²) in [6.07, 6.45) is 7.66. The molecule has 0 spiro atoms. The van der Waals surface area contributed by atoms with E-state index in [4.69, 9.17) is 9.72 Å². The van der Waals surface area contributed by atoms with Crippen molar-refractivity contribution in [2.75, 3.05) is 26.0 Å². The predicted molar refractivity (Wildman–Crippen MR) is 208 cm³/mol. The third-order valence-electron chi connectivity index (χ3n) is 10.6. The number of ether oxygens (including phenoxy) is 1. The Kier molecular flexibility index (Phi) is 11.9. The zero-order valence-corrected chi connectivity index (χ0v) is 32.9. The summed E-state index contributed by atoms with van der Waals surface area (Å²) in [5, 5.41) is 8.67. The first-order valence-electron chi connectivity index (χ1n) is 19.0. The van der Waals surface area contributed by atoms with Gasteiger partial charge in [-0.25, -0.2) is 9.52 Å². The van der Waals surface area contributed by atoms with Crippen LogP contribution in [0.1, 0.15) is 77.3 Å². The van der Waals surface area contributed by atoms with E-state index in [0.29, 0.717) is 24.2 Å². The van der Waals surface area contributed by atoms with Crippen molar-refractivity contribution in [1.29, 1.82) is 0 Å². The number of carbonyl (C=O) groups is 4. The lowest BCUT2D eigenvalue weighted by atomic mass is 10.0. The minimum Gasteiger partial charge on any atom is -0.459 e. The molecule has 2 fully saturated rings. The van der Waals surface area contributed by atoms with Crippen LogP contribution in [-0.2, 0) is 31.1 Å². The molecule has 55 heavy (non-hydrogen) atoms. The Bertz CT molecular complexity index is 2050. The fraction of sp³-hybridized carbons (Fsp3) is 0.513. The Morgan fingerprint density at radius 1 is 1.07 bits per heavy atom. The zero-order chi connectivity index (χ0) is 39.5. The lowest BCUT2D eigenvalue weighted by Gasteiger charge is -2.28. The van der Waals surface area contributed by atoms with Crippen LogP contribution in [0.5, 0.6) is 6.01 Å². The molecular weight excluding hydrogens is 725 g/mol. The van der Waals surface area contributed by atoms with Gasteiger partial charge in [0.05, 0.1) is 17.7 Å². The molecule has 1 saturated heterocycles. The molecule has 2 aliphatic heterocycles. The van der Waals surface area contributed by atoms with E-state index in [9.17, 15) is 27.6 Å². The van der Waals surface area contributed by atoms with E-state index in [1.165, 1.54) is 19.0 Å². The molecule has 6 rings (SSSR count). The zero-order valence-electron chi connectivity index (χ0n) is 32.1. The van der Waals surface area contributed by atoms with Crippen LogP contribution in [0, 0.1) is 11.8 Å². The first-order chi connectivity index (χ1) is 26.2. The van der Waals surface area contributed by atoms with Crippen LogP contribution in [0.2, 0.25) is 0 Å². The number of fused-ring (bicyclic) bond motifs is 3. The highest BCUT2D eigenvalue weighted by Gasteiger charge is 2.61. The van der Waals surface area contributed by atoms with Gasteiger partial charge in [-0.15, -0.1) is 0 Å². The van der Waals surface area contributed by atoms with Gasteiger partial charge in [-0.3, -0.25) is 19.0 Å². The van der Waals surface area contributed by atoms with E-state index in [0.717, 1.165) is 41.1 Å². The average Bonchev–Trinajstić information content (AvgIpc) is 3.46. The summed E-state index contributed by atoms with van der Waals surface area (Å²) in [5.41, 5.74) is 1.21. The van der Waals surface area contributed by atoms with Crippen molar-refractivity contribution < 1.29 is 32.3 Å². The van der Waals surface area contributed by atoms with Crippen molar-refractivity contribution in [3.8, 4) is 6.01 Å². The quantitative estimate of drug-likeness (QED) is 0.233. The lowest BCUT2D eigenvalue weighted by Crippen LogP contribution is -2.57. The third-order valence-corrected chi connectivity index (χ3v) is 12.0. The number of nitrogens with one attached hydrogen (secondary N) is 4. The molecule has 1 aliphatic carbocycles. The van der Waals surface area contributed by atoms with E-state index < -0.39 is 51.7 Å². The second-order valence-corrected chi connectivity index (χ2v) is 17.1. The highest BCUT2D eigenvalue weighted by molar-refractivity contribution is 7.87. The van der Waals surface area contributed by atoms with Gasteiger partial charge < -0.3 is 25.6 Å². The van der Waals surface area contributed by atoms with E-state index >= 15 is 0 Å². The van der Waals surface area contributed by atoms with Crippen LogP contribution in [0.4, 0.5) is 10.5 Å². The number of anilines is 1. The van der Waals surface area contributed by atoms with Crippen LogP contribution < -0.4 is 25.4 Å². The number of nitrogens with zero attached hydrogens (tertiary/aromatic N) is 4. The predicted octanol–water partition coefficient (Wildman–Crippen LogP) is 4.24. The van der Waals surface area contributed by atoms with Gasteiger partial charge in [0.1, 0.15) is 23.2 Å². The van der Waals surface area contributed by atoms with Gasteiger partial charge in [-0.1, -0.05) is 68.3 Å². The Hall–Kier alpha value is -4.96. The Morgan fingerprint density at radius 2 is 1.84 bits per heavy atom. The SMILES string of the molecule is CC(C)n1c(O[C@@H]2C[C@H]3C(=O)N[C@]4(C(=O)NS(=O)(=O)N(C)C)C[C@H]4/C=C\CCCCC[C@H](C)C(=O)N3C2)nc2c(NC(=O)NCc3ccccc3)cccc21. The number of aromatic nitrogens is 2. The molecule has 5 amide bonds. The number of para-hydroxylation sites is 1. The largest absolute Gasteiger partial charge is 0.459 e. The summed E-state index contributed by atoms with van der Waals surface area (Å²) in [5.74, 6) is -2.34. The molecule has 4 N–H and O–H groups in total. The molecular formula is C39H52N8O7S. The van der Waals surface area contributed by atoms with Crippen molar-refractivity contribution in [1.82, 2.24) is 34.1 Å². The molecule has 1 saturated carbocycles. The van der Waals surface area contributed by atoms with Crippen molar-refractivity contribution in [3.05, 3.63) is 66.2 Å². The highest BCUT2D eigenvalue weighted by atomic mass is 32.2. The monoisotopic (exact) mass is 776 g/mol. The Morgan fingerprint density at radius 3 is 2.56 bits per heavy atom. The number of imidazole rings is 1. The number of hydrogen-bond acceptors (Lipinski definition) is 8. The fourth-order valence-corrected chi connectivity index (χ4v) is 7.99. The van der Waals surface area contributed by atoms with E-state index in [2.05, 4.69) is 20.7 Å². The molecule has 3 heterocycles. The van der Waals surface area contributed by atoms with E-state index in [1.807, 2.05) is 80.0 Å². The van der Waals surface area contributed by atoms with Crippen LogP contribution in [0.3, 0.4) is 0 Å². The number of amides is 5. The summed E-state index contributed by atoms with van der Waals surface area (Å²) in [6.45, 7) is 6.29. The maximum atomic E-state index is 14.2. The first kappa shape index (κ1) is 39.7. The Balaban J connectivity index is 1.26. The van der Waals surface area contributed by atoms with Crippen molar-refractivity contribution in [2.45, 2.75) is 96.0 Å². The number of rotatable bonds is 9. The number of benzene rings is 2. The molecule has 0 radical (unpaired) electrons. The standard InChI is InChI=1S/C39H52N8O7S/c1-25(2)47-31-20-14-19-30(41-37(51)40-23-27-16-11-9-12-17-27)33(31)42-38(47)54-29-21-32-34(48)43-39(36(50)44-55(52,53)45(4)5)22-28(39)18-13-8-6-7-10-15-26(3)35(49)46(32)24-29/h9,11-14,16-20,25-26,28-29,32H,6-8,10,15,21-24H2,1-5H3,(H,43,48)(H,44,50)(H2,40,41,51)/b18-13-/t26-,28+,29+,32-,39+/m0/s1. The average molecular weight is 777 g/mol. The molecule has 3 aromatic rings. The normalized spacial score (nSPS) is 25.3. The maximum Gasteiger partial charge on any atom is 0.319 e. The van der Waals surface area contributed by atoms with Crippen molar-refractivity contribution >= 4 is 50.7 Å². The fourth-order valence-electron chi connectivity index (χ4n) is 7.39. The van der Waals surface area contributed by atoms with Gasteiger partial charge in [0.25, 0.3) is 11.9 Å². The van der Waals surface area contributed by atoms with Crippen molar-refractivity contribution in [3.63, 3.8) is 0 Å². The molecule has 2 aromatic carbocycles. The number of allylic oxidation sites excluding steroid dienone is 1. The van der Waals surface area contributed by atoms with Crippen LogP contribution in [-0.4, -0.2) is 89.3 Å². The third kappa shape index (κ3) is 8.80. The number of hydrogen-bond donors (Lipinski definition) is 4. The summed E-state index contributed by atoms with van der Waals surface area (Å²) in [7, 11) is -1.51. The van der Waals surface area contributed by atoms with E-state index in [1.54, 1.807) is 6.07 Å². The van der Waals surface area contributed by atoms with E-state index in [-0.39, 0.29) is 43.3 Å². The first-order valence-corrected chi connectivity index (χ1v) is 20.4. The molecule has 0 unspecified atom stereocenters. The summed E-state index contributed by atoms with van der Waals surface area (Å²) in [4.78, 5) is 61.2. The number of urea groups is 1. The van der Waals surface area contributed by atoms with Gasteiger partial charge in [0, 0.05) is 44.9 Å². The minimum absolute atomic E-state index is 0.101. The molecule has 1 aromatic heterocycles. The summed E-state index contributed by atoms with van der Waals surface area (Å²) >= 11 is 0. The second kappa shape index (κ2) is 16.4. The van der Waals surface area contributed by atoms with Crippen LogP contribution in [0.25, 0.3) is 11.0 Å². The van der Waals surface area contributed by atoms with Gasteiger partial charge >= 0.3 is 16.2 Å². The smallest absolute Gasteiger partial charge is 0.319 e. The number of carbonyl (C=O) groups excluding carboxylic acids is 4. The maximum absolute atomic E-state index is 14.2. The second-order valence-electron chi connectivity index (χ2n) is 15.3. The van der Waals surface area contributed by atoms with Gasteiger partial charge in [0.15, 0.2) is 0 Å².